The van der Waals surface area contributed by atoms with Crippen molar-refractivity contribution in [3.63, 3.8) is 0 Å². The van der Waals surface area contributed by atoms with E-state index < -0.39 is 0 Å². The Morgan fingerprint density at radius 1 is 1.33 bits per heavy atom. The van der Waals surface area contributed by atoms with E-state index in [1.807, 2.05) is 12.3 Å². The third-order valence-electron chi connectivity index (χ3n) is 4.88. The molecular weight excluding hydrogens is 282 g/mol. The number of amides is 1. The molecule has 2 atom stereocenters. The molecule has 5 heteroatoms. The first-order chi connectivity index (χ1) is 10.2. The third kappa shape index (κ3) is 3.14. The van der Waals surface area contributed by atoms with E-state index in [2.05, 4.69) is 9.88 Å². The molecule has 1 saturated heterocycles. The molecule has 1 saturated carbocycles. The van der Waals surface area contributed by atoms with Crippen molar-refractivity contribution >= 4 is 17.2 Å². The van der Waals surface area contributed by atoms with Gasteiger partial charge >= 0.3 is 0 Å². The molecule has 0 spiro atoms. The van der Waals surface area contributed by atoms with E-state index in [1.54, 1.807) is 0 Å². The molecular formula is C16H25N3OS. The highest BCUT2D eigenvalue weighted by Crippen LogP contribution is 2.35. The van der Waals surface area contributed by atoms with Crippen LogP contribution >= 0.6 is 11.3 Å². The molecule has 0 radical (unpaired) electrons. The van der Waals surface area contributed by atoms with Crippen LogP contribution in [0, 0.1) is 5.92 Å². The van der Waals surface area contributed by atoms with Crippen LogP contribution in [-0.4, -0.2) is 28.4 Å². The molecule has 2 fully saturated rings. The van der Waals surface area contributed by atoms with Gasteiger partial charge in [-0.2, -0.15) is 0 Å². The number of likely N-dealkylation sites (tertiary alicyclic amines) is 1. The third-order valence-corrected chi connectivity index (χ3v) is 5.93. The first kappa shape index (κ1) is 15.0. The lowest BCUT2D eigenvalue weighted by Gasteiger charge is -2.33. The van der Waals surface area contributed by atoms with Crippen molar-refractivity contribution in [2.24, 2.45) is 11.7 Å². The van der Waals surface area contributed by atoms with Gasteiger partial charge in [0.1, 0.15) is 10.7 Å². The number of carbonyl (C=O) groups is 1. The second-order valence-corrected chi connectivity index (χ2v) is 7.36. The Balaban J connectivity index is 1.72. The van der Waals surface area contributed by atoms with Crippen LogP contribution in [0.15, 0.2) is 5.38 Å². The number of nitrogens with two attached hydrogens (primary N) is 1. The summed E-state index contributed by atoms with van der Waals surface area (Å²) in [5, 5.41) is 2.73. The topological polar surface area (TPSA) is 59.2 Å². The van der Waals surface area contributed by atoms with Crippen LogP contribution in [0.25, 0.3) is 0 Å². The average molecular weight is 307 g/mol. The fraction of sp³-hybridized carbons (Fsp3) is 0.750. The van der Waals surface area contributed by atoms with Gasteiger partial charge in [-0.15, -0.1) is 11.3 Å². The van der Waals surface area contributed by atoms with E-state index in [0.29, 0.717) is 17.7 Å². The Morgan fingerprint density at radius 3 is 2.76 bits per heavy atom. The van der Waals surface area contributed by atoms with Gasteiger partial charge < -0.3 is 10.6 Å². The van der Waals surface area contributed by atoms with E-state index in [1.165, 1.54) is 49.9 Å². The highest BCUT2D eigenvalue weighted by molar-refractivity contribution is 7.09. The first-order valence-electron chi connectivity index (χ1n) is 8.19. The van der Waals surface area contributed by atoms with Gasteiger partial charge in [0.2, 0.25) is 0 Å². The monoisotopic (exact) mass is 307 g/mol. The molecule has 1 amide bonds. The number of aromatic nitrogens is 1. The Labute approximate surface area is 130 Å². The van der Waals surface area contributed by atoms with E-state index in [-0.39, 0.29) is 11.9 Å². The zero-order chi connectivity index (χ0) is 14.8. The smallest absolute Gasteiger partial charge is 0.273 e. The zero-order valence-corrected chi connectivity index (χ0v) is 13.6. The quantitative estimate of drug-likeness (QED) is 0.931. The van der Waals surface area contributed by atoms with Crippen LogP contribution in [-0.2, 0) is 0 Å². The summed E-state index contributed by atoms with van der Waals surface area (Å²) in [7, 11) is 0. The second-order valence-electron chi connectivity index (χ2n) is 6.47. The highest BCUT2D eigenvalue weighted by atomic mass is 32.1. The molecule has 2 N–H and O–H groups in total. The van der Waals surface area contributed by atoms with Gasteiger partial charge in [-0.25, -0.2) is 4.98 Å². The van der Waals surface area contributed by atoms with Gasteiger partial charge in [0.05, 0.1) is 6.04 Å². The molecule has 116 valence electrons. The molecule has 3 rings (SSSR count). The predicted octanol–water partition coefficient (Wildman–Crippen LogP) is 3.35. The van der Waals surface area contributed by atoms with E-state index in [4.69, 9.17) is 5.73 Å². The van der Waals surface area contributed by atoms with Crippen molar-refractivity contribution in [1.29, 1.82) is 0 Å². The van der Waals surface area contributed by atoms with E-state index >= 15 is 0 Å². The van der Waals surface area contributed by atoms with Crippen LogP contribution in [0.3, 0.4) is 0 Å². The fourth-order valence-corrected chi connectivity index (χ4v) is 4.55. The molecule has 2 heterocycles. The van der Waals surface area contributed by atoms with E-state index in [0.717, 1.165) is 18.0 Å². The minimum absolute atomic E-state index is 0.0933. The normalized spacial score (nSPS) is 25.2. The SMILES string of the molecule is CC(N)c1nc(C(=O)N2CCCC2C2CCCCC2)cs1. The molecule has 21 heavy (non-hydrogen) atoms. The van der Waals surface area contributed by atoms with Crippen LogP contribution in [0.4, 0.5) is 0 Å². The van der Waals surface area contributed by atoms with Crippen molar-refractivity contribution < 1.29 is 4.79 Å². The molecule has 1 aliphatic heterocycles. The summed E-state index contributed by atoms with van der Waals surface area (Å²) in [6.45, 7) is 2.80. The van der Waals surface area contributed by atoms with Crippen LogP contribution < -0.4 is 5.73 Å². The Kier molecular flexibility index (Phi) is 4.60. The molecule has 2 unspecified atom stereocenters. The molecule has 0 aromatic carbocycles. The highest BCUT2D eigenvalue weighted by Gasteiger charge is 2.36. The zero-order valence-electron chi connectivity index (χ0n) is 12.8. The summed E-state index contributed by atoms with van der Waals surface area (Å²) < 4.78 is 0. The molecule has 2 aliphatic rings. The summed E-state index contributed by atoms with van der Waals surface area (Å²) in [6, 6.07) is 0.350. The lowest BCUT2D eigenvalue weighted by Crippen LogP contribution is -2.41. The number of thiazole rings is 1. The number of hydrogen-bond donors (Lipinski definition) is 1. The average Bonchev–Trinajstić information content (AvgIpc) is 3.17. The lowest BCUT2D eigenvalue weighted by atomic mass is 9.83. The molecule has 1 aromatic rings. The van der Waals surface area contributed by atoms with Crippen LogP contribution in [0.5, 0.6) is 0 Å². The van der Waals surface area contributed by atoms with Crippen LogP contribution in [0.2, 0.25) is 0 Å². The lowest BCUT2D eigenvalue weighted by molar-refractivity contribution is 0.0656. The maximum absolute atomic E-state index is 12.8. The van der Waals surface area contributed by atoms with Gasteiger partial charge in [-0.3, -0.25) is 4.79 Å². The number of nitrogens with zero attached hydrogens (tertiary/aromatic N) is 2. The second kappa shape index (κ2) is 6.44. The van der Waals surface area contributed by atoms with E-state index in [9.17, 15) is 4.79 Å². The van der Waals surface area contributed by atoms with Crippen molar-refractivity contribution in [3.8, 4) is 0 Å². The molecule has 1 aliphatic carbocycles. The maximum Gasteiger partial charge on any atom is 0.273 e. The minimum Gasteiger partial charge on any atom is -0.334 e. The van der Waals surface area contributed by atoms with Gasteiger partial charge in [0, 0.05) is 18.0 Å². The van der Waals surface area contributed by atoms with Gasteiger partial charge in [-0.05, 0) is 38.5 Å². The van der Waals surface area contributed by atoms with Crippen molar-refractivity contribution in [1.82, 2.24) is 9.88 Å². The maximum atomic E-state index is 12.8. The molecule has 4 nitrogen and oxygen atoms in total. The van der Waals surface area contributed by atoms with Crippen molar-refractivity contribution in [3.05, 3.63) is 16.1 Å². The minimum atomic E-state index is -0.0933. The fourth-order valence-electron chi connectivity index (χ4n) is 3.80. The standard InChI is InChI=1S/C16H25N3OS/c1-11(17)15-18-13(10-21-15)16(20)19-9-5-8-14(19)12-6-3-2-4-7-12/h10-12,14H,2-9,17H2,1H3. The number of rotatable bonds is 3. The van der Waals surface area contributed by atoms with Crippen molar-refractivity contribution in [2.75, 3.05) is 6.54 Å². The number of hydrogen-bond acceptors (Lipinski definition) is 4. The largest absolute Gasteiger partial charge is 0.334 e. The summed E-state index contributed by atoms with van der Waals surface area (Å²) in [6.07, 6.45) is 8.90. The Bertz CT molecular complexity index is 493. The molecule has 1 aromatic heterocycles. The summed E-state index contributed by atoms with van der Waals surface area (Å²) in [5.41, 5.74) is 6.44. The number of carbonyl (C=O) groups excluding carboxylic acids is 1. The summed E-state index contributed by atoms with van der Waals surface area (Å²) >= 11 is 1.50. The Morgan fingerprint density at radius 2 is 2.10 bits per heavy atom. The Hall–Kier alpha value is -0.940. The summed E-state index contributed by atoms with van der Waals surface area (Å²) in [4.78, 5) is 19.3. The van der Waals surface area contributed by atoms with Gasteiger partial charge in [-0.1, -0.05) is 19.3 Å². The molecule has 0 bridgehead atoms. The van der Waals surface area contributed by atoms with Gasteiger partial charge in [0.15, 0.2) is 0 Å². The first-order valence-corrected chi connectivity index (χ1v) is 9.06. The van der Waals surface area contributed by atoms with Crippen LogP contribution in [0.1, 0.15) is 73.4 Å². The summed E-state index contributed by atoms with van der Waals surface area (Å²) in [5.74, 6) is 0.822. The predicted molar refractivity (Wildman–Crippen MR) is 85.3 cm³/mol. The van der Waals surface area contributed by atoms with Gasteiger partial charge in [0.25, 0.3) is 5.91 Å². The van der Waals surface area contributed by atoms with Crippen molar-refractivity contribution in [2.45, 2.75) is 64.0 Å².